The summed E-state index contributed by atoms with van der Waals surface area (Å²) in [7, 11) is 0. The molecule has 0 saturated carbocycles. The summed E-state index contributed by atoms with van der Waals surface area (Å²) in [6.45, 7) is 4.35. The van der Waals surface area contributed by atoms with E-state index in [1.165, 1.54) is 0 Å². The van der Waals surface area contributed by atoms with Gasteiger partial charge in [-0.05, 0) is 11.8 Å². The first-order chi connectivity index (χ1) is 5.97. The molecule has 0 aliphatic carbocycles. The lowest BCUT2D eigenvalue weighted by molar-refractivity contribution is 0.408. The quantitative estimate of drug-likeness (QED) is 0.553. The largest absolute Gasteiger partial charge is 0.313 e. The summed E-state index contributed by atoms with van der Waals surface area (Å²) >= 11 is 0. The molecular formula is C10H16N2. The normalized spacial score (nSPS) is 35.3. The number of rotatable bonds is 1. The first kappa shape index (κ1) is 8.02. The summed E-state index contributed by atoms with van der Waals surface area (Å²) in [5.74, 6) is 1.39. The van der Waals surface area contributed by atoms with E-state index in [1.54, 1.807) is 0 Å². The Morgan fingerprint density at radius 3 is 1.67 bits per heavy atom. The third-order valence-corrected chi connectivity index (χ3v) is 2.60. The lowest BCUT2D eigenvalue weighted by Crippen LogP contribution is -2.36. The van der Waals surface area contributed by atoms with Gasteiger partial charge in [0.15, 0.2) is 0 Å². The summed E-state index contributed by atoms with van der Waals surface area (Å²) < 4.78 is 0. The summed E-state index contributed by atoms with van der Waals surface area (Å²) in [6.07, 6.45) is 9.16. The molecule has 2 atom stereocenters. The zero-order valence-corrected chi connectivity index (χ0v) is 7.29. The standard InChI is InChI=1S/C10H16N2/c1-3-9(7-11-5-1)10-4-2-6-12-8-10/h1-4,9-12H,5-8H2/t9-,10+. The van der Waals surface area contributed by atoms with Crippen molar-refractivity contribution >= 4 is 0 Å². The minimum absolute atomic E-state index is 0.697. The minimum Gasteiger partial charge on any atom is -0.313 e. The van der Waals surface area contributed by atoms with Crippen molar-refractivity contribution in [3.63, 3.8) is 0 Å². The molecule has 2 aliphatic heterocycles. The van der Waals surface area contributed by atoms with Gasteiger partial charge >= 0.3 is 0 Å². The second kappa shape index (κ2) is 3.87. The topological polar surface area (TPSA) is 24.1 Å². The van der Waals surface area contributed by atoms with E-state index >= 15 is 0 Å². The van der Waals surface area contributed by atoms with Crippen LogP contribution in [0.25, 0.3) is 0 Å². The maximum absolute atomic E-state index is 3.38. The van der Waals surface area contributed by atoms with Crippen LogP contribution in [0.5, 0.6) is 0 Å². The van der Waals surface area contributed by atoms with E-state index in [0.29, 0.717) is 11.8 Å². The molecule has 0 fully saturated rings. The Labute approximate surface area is 73.7 Å². The highest BCUT2D eigenvalue weighted by molar-refractivity contribution is 5.06. The second-order valence-electron chi connectivity index (χ2n) is 3.50. The van der Waals surface area contributed by atoms with E-state index in [2.05, 4.69) is 34.9 Å². The Kier molecular flexibility index (Phi) is 2.59. The molecule has 2 N–H and O–H groups in total. The minimum atomic E-state index is 0.697. The summed E-state index contributed by atoms with van der Waals surface area (Å²) in [5.41, 5.74) is 0. The third kappa shape index (κ3) is 1.76. The third-order valence-electron chi connectivity index (χ3n) is 2.60. The Hall–Kier alpha value is -0.600. The molecule has 2 nitrogen and oxygen atoms in total. The highest BCUT2D eigenvalue weighted by Gasteiger charge is 2.18. The molecule has 0 bridgehead atoms. The van der Waals surface area contributed by atoms with Gasteiger partial charge in [-0.15, -0.1) is 0 Å². The van der Waals surface area contributed by atoms with Gasteiger partial charge in [-0.25, -0.2) is 0 Å². The van der Waals surface area contributed by atoms with Crippen molar-refractivity contribution in [3.05, 3.63) is 24.3 Å². The van der Waals surface area contributed by atoms with E-state index in [1.807, 2.05) is 0 Å². The molecular weight excluding hydrogens is 148 g/mol. The van der Waals surface area contributed by atoms with Gasteiger partial charge in [-0.1, -0.05) is 24.3 Å². The molecule has 66 valence electrons. The highest BCUT2D eigenvalue weighted by Crippen LogP contribution is 2.17. The summed E-state index contributed by atoms with van der Waals surface area (Å²) in [6, 6.07) is 0. The van der Waals surface area contributed by atoms with E-state index in [-0.39, 0.29) is 0 Å². The van der Waals surface area contributed by atoms with Gasteiger partial charge in [0.05, 0.1) is 0 Å². The molecule has 0 amide bonds. The summed E-state index contributed by atoms with van der Waals surface area (Å²) in [4.78, 5) is 0. The Bertz CT molecular complexity index is 174. The van der Waals surface area contributed by atoms with Gasteiger partial charge in [-0.3, -0.25) is 0 Å². The van der Waals surface area contributed by atoms with Gasteiger partial charge in [0, 0.05) is 26.2 Å². The average molecular weight is 164 g/mol. The lowest BCUT2D eigenvalue weighted by Gasteiger charge is -2.27. The number of hydrogen-bond acceptors (Lipinski definition) is 2. The molecule has 0 spiro atoms. The first-order valence-corrected chi connectivity index (χ1v) is 4.71. The smallest absolute Gasteiger partial charge is 0.0135 e. The van der Waals surface area contributed by atoms with Crippen LogP contribution in [0.1, 0.15) is 0 Å². The van der Waals surface area contributed by atoms with Crippen LogP contribution in [0.4, 0.5) is 0 Å². The molecule has 0 radical (unpaired) electrons. The van der Waals surface area contributed by atoms with Gasteiger partial charge < -0.3 is 10.6 Å². The van der Waals surface area contributed by atoms with Crippen molar-refractivity contribution in [1.29, 1.82) is 0 Å². The fourth-order valence-electron chi connectivity index (χ4n) is 1.88. The SMILES string of the molecule is C1=C[C@@H]([C@H]2C=CCNC2)CNC1. The molecule has 0 aromatic rings. The fraction of sp³-hybridized carbons (Fsp3) is 0.600. The monoisotopic (exact) mass is 164 g/mol. The van der Waals surface area contributed by atoms with E-state index in [4.69, 9.17) is 0 Å². The highest BCUT2D eigenvalue weighted by atomic mass is 14.9. The average Bonchev–Trinajstić information content (AvgIpc) is 2.21. The molecule has 2 rings (SSSR count). The summed E-state index contributed by atoms with van der Waals surface area (Å²) in [5, 5.41) is 6.77. The van der Waals surface area contributed by atoms with Crippen molar-refractivity contribution < 1.29 is 0 Å². The van der Waals surface area contributed by atoms with Gasteiger partial charge in [0.1, 0.15) is 0 Å². The predicted octanol–water partition coefficient (Wildman–Crippen LogP) is 0.538. The Balaban J connectivity index is 1.97. The molecule has 0 saturated heterocycles. The van der Waals surface area contributed by atoms with E-state index < -0.39 is 0 Å². The fourth-order valence-corrected chi connectivity index (χ4v) is 1.88. The number of nitrogens with one attached hydrogen (secondary N) is 2. The number of hydrogen-bond donors (Lipinski definition) is 2. The van der Waals surface area contributed by atoms with Crippen molar-refractivity contribution in [2.24, 2.45) is 11.8 Å². The lowest BCUT2D eigenvalue weighted by atomic mass is 9.88. The molecule has 12 heavy (non-hydrogen) atoms. The van der Waals surface area contributed by atoms with Crippen LogP contribution in [0.3, 0.4) is 0 Å². The van der Waals surface area contributed by atoms with Crippen molar-refractivity contribution in [2.75, 3.05) is 26.2 Å². The molecule has 2 heterocycles. The molecule has 0 aromatic carbocycles. The second-order valence-corrected chi connectivity index (χ2v) is 3.50. The molecule has 2 heteroatoms. The molecule has 0 unspecified atom stereocenters. The van der Waals surface area contributed by atoms with Crippen LogP contribution in [-0.4, -0.2) is 26.2 Å². The molecule has 2 aliphatic rings. The van der Waals surface area contributed by atoms with Crippen molar-refractivity contribution in [1.82, 2.24) is 10.6 Å². The van der Waals surface area contributed by atoms with Gasteiger partial charge in [0.25, 0.3) is 0 Å². The van der Waals surface area contributed by atoms with Crippen LogP contribution in [-0.2, 0) is 0 Å². The Morgan fingerprint density at radius 2 is 1.33 bits per heavy atom. The zero-order valence-electron chi connectivity index (χ0n) is 7.29. The predicted molar refractivity (Wildman–Crippen MR) is 51.0 cm³/mol. The maximum Gasteiger partial charge on any atom is 0.0135 e. The van der Waals surface area contributed by atoms with Gasteiger partial charge in [0.2, 0.25) is 0 Å². The Morgan fingerprint density at radius 1 is 0.833 bits per heavy atom. The van der Waals surface area contributed by atoms with Crippen LogP contribution in [0.2, 0.25) is 0 Å². The molecule has 0 aromatic heterocycles. The van der Waals surface area contributed by atoms with Crippen LogP contribution < -0.4 is 10.6 Å². The van der Waals surface area contributed by atoms with Crippen molar-refractivity contribution in [2.45, 2.75) is 0 Å². The van der Waals surface area contributed by atoms with Crippen LogP contribution in [0, 0.1) is 11.8 Å². The van der Waals surface area contributed by atoms with Crippen molar-refractivity contribution in [3.8, 4) is 0 Å². The zero-order chi connectivity index (χ0) is 8.23. The van der Waals surface area contributed by atoms with Crippen LogP contribution in [0.15, 0.2) is 24.3 Å². The van der Waals surface area contributed by atoms with Crippen LogP contribution >= 0.6 is 0 Å². The first-order valence-electron chi connectivity index (χ1n) is 4.71. The van der Waals surface area contributed by atoms with E-state index in [0.717, 1.165) is 26.2 Å². The maximum atomic E-state index is 3.38. The van der Waals surface area contributed by atoms with Gasteiger partial charge in [-0.2, -0.15) is 0 Å². The van der Waals surface area contributed by atoms with E-state index in [9.17, 15) is 0 Å².